The minimum atomic E-state index is -3.65. The molecule has 1 aromatic carbocycles. The number of ketones is 1. The second-order valence-corrected chi connectivity index (χ2v) is 6.68. The number of hydrogen-bond donors (Lipinski definition) is 1. The molecule has 1 amide bonds. The van der Waals surface area contributed by atoms with Crippen molar-refractivity contribution in [2.75, 3.05) is 32.8 Å². The number of rotatable bonds is 6. The number of morpholine rings is 1. The molecule has 1 saturated heterocycles. The van der Waals surface area contributed by atoms with Gasteiger partial charge >= 0.3 is 0 Å². The molecule has 0 radical (unpaired) electrons. The SMILES string of the molecule is CC(=O)c1ccc(S(=O)(=O)NCCN2CCOCC2=O)cc1. The number of carbonyl (C=O) groups excluding carboxylic acids is 2. The minimum Gasteiger partial charge on any atom is -0.370 e. The molecule has 1 N–H and O–H groups in total. The van der Waals surface area contributed by atoms with Crippen LogP contribution in [0.5, 0.6) is 0 Å². The van der Waals surface area contributed by atoms with Crippen LogP contribution in [-0.2, 0) is 19.6 Å². The van der Waals surface area contributed by atoms with Gasteiger partial charge in [0.15, 0.2) is 5.78 Å². The lowest BCUT2D eigenvalue weighted by Crippen LogP contribution is -2.45. The summed E-state index contributed by atoms with van der Waals surface area (Å²) in [5, 5.41) is 0. The van der Waals surface area contributed by atoms with E-state index in [0.717, 1.165) is 0 Å². The van der Waals surface area contributed by atoms with E-state index in [0.29, 0.717) is 25.3 Å². The zero-order valence-electron chi connectivity index (χ0n) is 12.2. The highest BCUT2D eigenvalue weighted by Gasteiger charge is 2.19. The summed E-state index contributed by atoms with van der Waals surface area (Å²) in [6.45, 7) is 2.81. The van der Waals surface area contributed by atoms with Gasteiger partial charge in [-0.1, -0.05) is 12.1 Å². The van der Waals surface area contributed by atoms with Gasteiger partial charge in [0.05, 0.1) is 11.5 Å². The monoisotopic (exact) mass is 326 g/mol. The van der Waals surface area contributed by atoms with E-state index in [-0.39, 0.29) is 29.7 Å². The Morgan fingerprint density at radius 1 is 1.32 bits per heavy atom. The van der Waals surface area contributed by atoms with E-state index in [4.69, 9.17) is 4.74 Å². The zero-order valence-corrected chi connectivity index (χ0v) is 13.1. The Morgan fingerprint density at radius 2 is 2.00 bits per heavy atom. The first-order chi connectivity index (χ1) is 10.4. The number of Topliss-reactive ketones (excluding diaryl/α,β-unsaturated/α-hetero) is 1. The molecule has 0 unspecified atom stereocenters. The third kappa shape index (κ3) is 4.12. The second kappa shape index (κ2) is 6.99. The molecule has 0 atom stereocenters. The lowest BCUT2D eigenvalue weighted by molar-refractivity contribution is -0.142. The Kier molecular flexibility index (Phi) is 5.28. The first-order valence-corrected chi connectivity index (χ1v) is 8.34. The summed E-state index contributed by atoms with van der Waals surface area (Å²) in [6, 6.07) is 5.72. The van der Waals surface area contributed by atoms with E-state index in [1.54, 1.807) is 4.90 Å². The molecule has 0 aliphatic carbocycles. The molecule has 1 heterocycles. The lowest BCUT2D eigenvalue weighted by atomic mass is 10.2. The second-order valence-electron chi connectivity index (χ2n) is 4.91. The number of ether oxygens (including phenoxy) is 1. The predicted molar refractivity (Wildman–Crippen MR) is 79.0 cm³/mol. The molecule has 0 saturated carbocycles. The standard InChI is InChI=1S/C14H18N2O5S/c1-11(17)12-2-4-13(5-3-12)22(19,20)15-6-7-16-8-9-21-10-14(16)18/h2-5,15H,6-10H2,1H3. The third-order valence-corrected chi connectivity index (χ3v) is 4.81. The van der Waals surface area contributed by atoms with Gasteiger partial charge in [-0.25, -0.2) is 13.1 Å². The Hall–Kier alpha value is -1.77. The van der Waals surface area contributed by atoms with Crippen LogP contribution >= 0.6 is 0 Å². The topological polar surface area (TPSA) is 92.8 Å². The minimum absolute atomic E-state index is 0.0409. The molecule has 1 aliphatic rings. The Morgan fingerprint density at radius 3 is 2.59 bits per heavy atom. The fourth-order valence-electron chi connectivity index (χ4n) is 2.05. The summed E-state index contributed by atoms with van der Waals surface area (Å²) in [4.78, 5) is 24.3. The van der Waals surface area contributed by atoms with E-state index < -0.39 is 10.0 Å². The van der Waals surface area contributed by atoms with E-state index >= 15 is 0 Å². The first kappa shape index (κ1) is 16.6. The Bertz CT molecular complexity index is 654. The average Bonchev–Trinajstić information content (AvgIpc) is 2.49. The van der Waals surface area contributed by atoms with Crippen molar-refractivity contribution in [1.82, 2.24) is 9.62 Å². The molecule has 0 aromatic heterocycles. The third-order valence-electron chi connectivity index (χ3n) is 3.33. The number of amides is 1. The molecule has 22 heavy (non-hydrogen) atoms. The molecule has 0 bridgehead atoms. The van der Waals surface area contributed by atoms with Crippen molar-refractivity contribution in [1.29, 1.82) is 0 Å². The van der Waals surface area contributed by atoms with Crippen LogP contribution in [-0.4, -0.2) is 57.9 Å². The van der Waals surface area contributed by atoms with Gasteiger partial charge in [-0.2, -0.15) is 0 Å². The van der Waals surface area contributed by atoms with E-state index in [1.807, 2.05) is 0 Å². The molecule has 8 heteroatoms. The molecule has 120 valence electrons. The molecular weight excluding hydrogens is 308 g/mol. The Labute approximate surface area is 129 Å². The number of nitrogens with zero attached hydrogens (tertiary/aromatic N) is 1. The van der Waals surface area contributed by atoms with Gasteiger partial charge in [-0.05, 0) is 19.1 Å². The summed E-state index contributed by atoms with van der Waals surface area (Å²) < 4.78 is 31.7. The van der Waals surface area contributed by atoms with Crippen LogP contribution in [0.25, 0.3) is 0 Å². The summed E-state index contributed by atoms with van der Waals surface area (Å²) in [5.41, 5.74) is 0.456. The zero-order chi connectivity index (χ0) is 16.2. The average molecular weight is 326 g/mol. The van der Waals surface area contributed by atoms with E-state index in [9.17, 15) is 18.0 Å². The fourth-order valence-corrected chi connectivity index (χ4v) is 3.07. The number of nitrogens with one attached hydrogen (secondary N) is 1. The quantitative estimate of drug-likeness (QED) is 0.744. The van der Waals surface area contributed by atoms with Crippen LogP contribution in [0.15, 0.2) is 29.2 Å². The molecule has 1 fully saturated rings. The van der Waals surface area contributed by atoms with E-state index in [1.165, 1.54) is 31.2 Å². The maximum atomic E-state index is 12.1. The van der Waals surface area contributed by atoms with Crippen molar-refractivity contribution in [3.63, 3.8) is 0 Å². The largest absolute Gasteiger partial charge is 0.370 e. The Balaban J connectivity index is 1.93. The van der Waals surface area contributed by atoms with Crippen LogP contribution in [0, 0.1) is 0 Å². The maximum absolute atomic E-state index is 12.1. The van der Waals surface area contributed by atoms with Crippen molar-refractivity contribution in [3.05, 3.63) is 29.8 Å². The highest BCUT2D eigenvalue weighted by molar-refractivity contribution is 7.89. The van der Waals surface area contributed by atoms with Crippen LogP contribution in [0.2, 0.25) is 0 Å². The van der Waals surface area contributed by atoms with Gasteiger partial charge in [0, 0.05) is 25.2 Å². The van der Waals surface area contributed by atoms with Crippen LogP contribution < -0.4 is 4.72 Å². The maximum Gasteiger partial charge on any atom is 0.248 e. The van der Waals surface area contributed by atoms with Crippen LogP contribution in [0.1, 0.15) is 17.3 Å². The van der Waals surface area contributed by atoms with Gasteiger partial charge in [0.25, 0.3) is 0 Å². The van der Waals surface area contributed by atoms with Crippen LogP contribution in [0.4, 0.5) is 0 Å². The molecule has 7 nitrogen and oxygen atoms in total. The summed E-state index contributed by atoms with van der Waals surface area (Å²) in [6.07, 6.45) is 0. The normalized spacial score (nSPS) is 15.9. The van der Waals surface area contributed by atoms with Gasteiger partial charge < -0.3 is 9.64 Å². The molecular formula is C14H18N2O5S. The van der Waals surface area contributed by atoms with Gasteiger partial charge in [-0.3, -0.25) is 9.59 Å². The van der Waals surface area contributed by atoms with E-state index in [2.05, 4.69) is 4.72 Å². The summed E-state index contributed by atoms with van der Waals surface area (Å²) in [7, 11) is -3.65. The van der Waals surface area contributed by atoms with Crippen LogP contribution in [0.3, 0.4) is 0 Å². The lowest BCUT2D eigenvalue weighted by Gasteiger charge is -2.26. The number of carbonyl (C=O) groups is 2. The van der Waals surface area contributed by atoms with Gasteiger partial charge in [0.2, 0.25) is 15.9 Å². The predicted octanol–water partition coefficient (Wildman–Crippen LogP) is 0.0263. The van der Waals surface area contributed by atoms with Crippen molar-refractivity contribution in [3.8, 4) is 0 Å². The fraction of sp³-hybridized carbons (Fsp3) is 0.429. The smallest absolute Gasteiger partial charge is 0.248 e. The number of benzene rings is 1. The molecule has 0 spiro atoms. The number of hydrogen-bond acceptors (Lipinski definition) is 5. The molecule has 1 aromatic rings. The highest BCUT2D eigenvalue weighted by atomic mass is 32.2. The summed E-state index contributed by atoms with van der Waals surface area (Å²) >= 11 is 0. The van der Waals surface area contributed by atoms with Crippen molar-refractivity contribution in [2.24, 2.45) is 0 Å². The highest BCUT2D eigenvalue weighted by Crippen LogP contribution is 2.11. The molecule has 2 rings (SSSR count). The summed E-state index contributed by atoms with van der Waals surface area (Å²) in [5.74, 6) is -0.265. The number of sulfonamides is 1. The van der Waals surface area contributed by atoms with Gasteiger partial charge in [-0.15, -0.1) is 0 Å². The van der Waals surface area contributed by atoms with Crippen molar-refractivity contribution in [2.45, 2.75) is 11.8 Å². The van der Waals surface area contributed by atoms with Crippen molar-refractivity contribution >= 4 is 21.7 Å². The van der Waals surface area contributed by atoms with Crippen molar-refractivity contribution < 1.29 is 22.7 Å². The van der Waals surface area contributed by atoms with Gasteiger partial charge in [0.1, 0.15) is 6.61 Å². The first-order valence-electron chi connectivity index (χ1n) is 6.86. The molecule has 1 aliphatic heterocycles.